The van der Waals surface area contributed by atoms with Crippen LogP contribution in [-0.4, -0.2) is 21.5 Å². The maximum absolute atomic E-state index is 6.21. The van der Waals surface area contributed by atoms with E-state index in [1.807, 2.05) is 42.2 Å². The zero-order valence-corrected chi connectivity index (χ0v) is 12.5. The summed E-state index contributed by atoms with van der Waals surface area (Å²) >= 11 is 12.4. The van der Waals surface area contributed by atoms with Crippen LogP contribution in [0.25, 0.3) is 0 Å². The third-order valence-corrected chi connectivity index (χ3v) is 4.45. The largest absolute Gasteiger partial charge is 0.276 e. The van der Waals surface area contributed by atoms with E-state index in [0.717, 1.165) is 18.5 Å². The second-order valence-electron chi connectivity index (χ2n) is 5.09. The predicted molar refractivity (Wildman–Crippen MR) is 80.9 cm³/mol. The monoisotopic (exact) mass is 296 g/mol. The van der Waals surface area contributed by atoms with Crippen molar-refractivity contribution in [2.75, 3.05) is 11.8 Å². The number of hydrogen-bond donors (Lipinski definition) is 0. The maximum Gasteiger partial charge on any atom is 0.0631 e. The Morgan fingerprint density at radius 2 is 1.74 bits per heavy atom. The zero-order valence-electron chi connectivity index (χ0n) is 11.0. The molecule has 0 fully saturated rings. The fourth-order valence-corrected chi connectivity index (χ4v) is 2.92. The Morgan fingerprint density at radius 3 is 2.26 bits per heavy atom. The van der Waals surface area contributed by atoms with Gasteiger partial charge in [0, 0.05) is 30.4 Å². The molecule has 1 heterocycles. The second kappa shape index (κ2) is 6.44. The Kier molecular flexibility index (Phi) is 4.89. The molecule has 0 bridgehead atoms. The molecule has 0 aliphatic rings. The third-order valence-electron chi connectivity index (χ3n) is 3.31. The van der Waals surface area contributed by atoms with Crippen molar-refractivity contribution in [3.05, 3.63) is 53.9 Å². The molecular weight excluding hydrogens is 279 g/mol. The minimum absolute atomic E-state index is 0.140. The Morgan fingerprint density at radius 1 is 1.05 bits per heavy atom. The fraction of sp³-hybridized carbons (Fsp3) is 0.400. The van der Waals surface area contributed by atoms with Gasteiger partial charge in [-0.1, -0.05) is 30.3 Å². The van der Waals surface area contributed by atoms with E-state index in [0.29, 0.717) is 11.8 Å². The molecule has 2 nitrogen and oxygen atoms in total. The molecule has 0 saturated carbocycles. The number of alkyl halides is 2. The highest BCUT2D eigenvalue weighted by atomic mass is 35.5. The highest BCUT2D eigenvalue weighted by Gasteiger charge is 2.30. The van der Waals surface area contributed by atoms with Gasteiger partial charge >= 0.3 is 0 Å². The number of aromatic nitrogens is 2. The third kappa shape index (κ3) is 3.74. The normalized spacial score (nSPS) is 11.7. The van der Waals surface area contributed by atoms with Gasteiger partial charge in [0.15, 0.2) is 0 Å². The summed E-state index contributed by atoms with van der Waals surface area (Å²) in [6, 6.07) is 12.4. The van der Waals surface area contributed by atoms with Crippen LogP contribution in [0, 0.1) is 5.41 Å². The molecule has 2 rings (SSSR count). The molecule has 0 aliphatic carbocycles. The van der Waals surface area contributed by atoms with Crippen molar-refractivity contribution in [1.29, 1.82) is 0 Å². The van der Waals surface area contributed by atoms with Crippen molar-refractivity contribution in [1.82, 2.24) is 9.78 Å². The minimum Gasteiger partial charge on any atom is -0.276 e. The quantitative estimate of drug-likeness (QED) is 0.744. The number of aryl methyl sites for hydroxylation is 1. The summed E-state index contributed by atoms with van der Waals surface area (Å²) in [6.07, 6.45) is 3.62. The van der Waals surface area contributed by atoms with Gasteiger partial charge < -0.3 is 0 Å². The molecule has 4 heteroatoms. The lowest BCUT2D eigenvalue weighted by Crippen LogP contribution is -2.31. The van der Waals surface area contributed by atoms with Gasteiger partial charge in [-0.2, -0.15) is 5.10 Å². The molecule has 0 atom stereocenters. The highest BCUT2D eigenvalue weighted by Crippen LogP contribution is 2.30. The minimum atomic E-state index is -0.140. The fourth-order valence-electron chi connectivity index (χ4n) is 2.26. The molecule has 0 N–H and O–H groups in total. The lowest BCUT2D eigenvalue weighted by Gasteiger charge is -2.29. The number of nitrogens with zero attached hydrogens (tertiary/aromatic N) is 2. The van der Waals surface area contributed by atoms with Crippen molar-refractivity contribution in [3.8, 4) is 0 Å². The van der Waals surface area contributed by atoms with Crippen LogP contribution >= 0.6 is 23.2 Å². The van der Waals surface area contributed by atoms with E-state index in [4.69, 9.17) is 23.2 Å². The number of rotatable bonds is 6. The second-order valence-corrected chi connectivity index (χ2v) is 5.62. The molecule has 2 aromatic rings. The topological polar surface area (TPSA) is 17.8 Å². The average Bonchev–Trinajstić information content (AvgIpc) is 2.84. The van der Waals surface area contributed by atoms with Crippen LogP contribution < -0.4 is 0 Å². The summed E-state index contributed by atoms with van der Waals surface area (Å²) in [5.74, 6) is 1.06. The van der Waals surface area contributed by atoms with E-state index < -0.39 is 0 Å². The maximum atomic E-state index is 6.21. The van der Waals surface area contributed by atoms with Crippen molar-refractivity contribution in [2.45, 2.75) is 12.8 Å². The molecule has 0 amide bonds. The van der Waals surface area contributed by atoms with E-state index in [9.17, 15) is 0 Å². The van der Waals surface area contributed by atoms with Gasteiger partial charge in [0.25, 0.3) is 0 Å². The molecule has 0 aliphatic heterocycles. The lowest BCUT2D eigenvalue weighted by atomic mass is 9.81. The van der Waals surface area contributed by atoms with Crippen LogP contribution in [0.2, 0.25) is 0 Å². The number of benzene rings is 1. The smallest absolute Gasteiger partial charge is 0.0631 e. The summed E-state index contributed by atoms with van der Waals surface area (Å²) in [6.45, 7) is 0. The molecule has 0 spiro atoms. The van der Waals surface area contributed by atoms with Crippen molar-refractivity contribution < 1.29 is 0 Å². The van der Waals surface area contributed by atoms with Crippen molar-refractivity contribution in [2.24, 2.45) is 12.5 Å². The summed E-state index contributed by atoms with van der Waals surface area (Å²) < 4.78 is 1.81. The number of halogens is 2. The summed E-state index contributed by atoms with van der Waals surface area (Å²) in [4.78, 5) is 0. The van der Waals surface area contributed by atoms with E-state index >= 15 is 0 Å². The molecule has 102 valence electrons. The van der Waals surface area contributed by atoms with Crippen LogP contribution in [0.15, 0.2) is 42.6 Å². The van der Waals surface area contributed by atoms with Crippen LogP contribution in [0.3, 0.4) is 0 Å². The van der Waals surface area contributed by atoms with Crippen LogP contribution in [0.1, 0.15) is 11.3 Å². The SMILES string of the molecule is Cn1ccc(CC(CCl)(CCl)Cc2ccccc2)n1. The molecule has 0 saturated heterocycles. The molecule has 1 aromatic heterocycles. The van der Waals surface area contributed by atoms with Crippen molar-refractivity contribution in [3.63, 3.8) is 0 Å². The first-order valence-electron chi connectivity index (χ1n) is 6.32. The van der Waals surface area contributed by atoms with Crippen LogP contribution in [0.4, 0.5) is 0 Å². The van der Waals surface area contributed by atoms with Gasteiger partial charge in [-0.3, -0.25) is 4.68 Å². The molecule has 19 heavy (non-hydrogen) atoms. The van der Waals surface area contributed by atoms with Gasteiger partial charge in [-0.25, -0.2) is 0 Å². The van der Waals surface area contributed by atoms with Crippen LogP contribution in [0.5, 0.6) is 0 Å². The van der Waals surface area contributed by atoms with Crippen LogP contribution in [-0.2, 0) is 19.9 Å². The first-order valence-corrected chi connectivity index (χ1v) is 7.39. The Labute approximate surface area is 124 Å². The average molecular weight is 297 g/mol. The summed E-state index contributed by atoms with van der Waals surface area (Å²) in [7, 11) is 1.92. The van der Waals surface area contributed by atoms with Gasteiger partial charge in [0.1, 0.15) is 0 Å². The van der Waals surface area contributed by atoms with E-state index in [2.05, 4.69) is 17.2 Å². The van der Waals surface area contributed by atoms with Gasteiger partial charge in [0.2, 0.25) is 0 Å². The predicted octanol–water partition coefficient (Wildman–Crippen LogP) is 3.67. The number of hydrogen-bond acceptors (Lipinski definition) is 1. The summed E-state index contributed by atoms with van der Waals surface area (Å²) in [5.41, 5.74) is 2.16. The van der Waals surface area contributed by atoms with Gasteiger partial charge in [-0.05, 0) is 24.5 Å². The summed E-state index contributed by atoms with van der Waals surface area (Å²) in [5, 5.41) is 4.43. The first kappa shape index (κ1) is 14.4. The first-order chi connectivity index (χ1) is 9.17. The molecule has 1 aromatic carbocycles. The Hall–Kier alpha value is -0.990. The Bertz CT molecular complexity index is 504. The molecule has 0 radical (unpaired) electrons. The standard InChI is InChI=1S/C15H18Cl2N2/c1-19-8-7-14(18-19)10-15(11-16,12-17)9-13-5-3-2-4-6-13/h2-8H,9-12H2,1H3. The van der Waals surface area contributed by atoms with Gasteiger partial charge in [-0.15, -0.1) is 23.2 Å². The zero-order chi connectivity index (χ0) is 13.7. The highest BCUT2D eigenvalue weighted by molar-refractivity contribution is 6.21. The Balaban J connectivity index is 2.17. The van der Waals surface area contributed by atoms with E-state index in [1.54, 1.807) is 0 Å². The van der Waals surface area contributed by atoms with Crippen molar-refractivity contribution >= 4 is 23.2 Å². The van der Waals surface area contributed by atoms with E-state index in [1.165, 1.54) is 5.56 Å². The lowest BCUT2D eigenvalue weighted by molar-refractivity contribution is 0.368. The van der Waals surface area contributed by atoms with E-state index in [-0.39, 0.29) is 5.41 Å². The van der Waals surface area contributed by atoms with Gasteiger partial charge in [0.05, 0.1) is 5.69 Å². The molecular formula is C15H18Cl2N2. The molecule has 0 unspecified atom stereocenters.